The SMILES string of the molecule is N#CC1(C(N)=O)CC1[C@]1(C(=O)O)CC[C@@H](S(=O)(=O)c2ccc(N3CCOCC3)cc2Cl)C1. The average Bonchev–Trinajstić information content (AvgIpc) is 3.36. The van der Waals surface area contributed by atoms with Gasteiger partial charge < -0.3 is 20.5 Å². The molecule has 0 aromatic heterocycles. The molecule has 1 aliphatic heterocycles. The fraction of sp³-hybridized carbons (Fsp3) is 0.571. The molecule has 1 heterocycles. The lowest BCUT2D eigenvalue weighted by Gasteiger charge is -2.29. The Balaban J connectivity index is 1.60. The molecule has 1 aromatic carbocycles. The van der Waals surface area contributed by atoms with Crippen molar-refractivity contribution < 1.29 is 27.9 Å². The number of halogens is 1. The molecule has 0 radical (unpaired) electrons. The second-order valence-electron chi connectivity index (χ2n) is 8.79. The van der Waals surface area contributed by atoms with Crippen LogP contribution in [0.1, 0.15) is 25.7 Å². The minimum atomic E-state index is -3.93. The van der Waals surface area contributed by atoms with Gasteiger partial charge in [-0.05, 0) is 43.9 Å². The standard InChI is InChI=1S/C21H24ClN3O6S/c22-15-9-13(25-5-7-31-8-6-25)1-2-16(15)32(29,30)14-3-4-20(10-14,19(27)28)17-11-21(17,12-23)18(24)26/h1-2,9,14,17H,3-8,10-11H2,(H2,24,26)(H,27,28)/t14-,17?,20+,21?/m1/s1. The lowest BCUT2D eigenvalue weighted by atomic mass is 9.77. The van der Waals surface area contributed by atoms with E-state index in [0.29, 0.717) is 26.3 Å². The fourth-order valence-corrected chi connectivity index (χ4v) is 7.64. The van der Waals surface area contributed by atoms with Gasteiger partial charge in [0.25, 0.3) is 0 Å². The number of anilines is 1. The summed E-state index contributed by atoms with van der Waals surface area (Å²) in [7, 11) is -3.93. The number of carboxylic acid groups (broad SMARTS) is 1. The van der Waals surface area contributed by atoms with E-state index in [2.05, 4.69) is 4.90 Å². The third-order valence-electron chi connectivity index (χ3n) is 7.23. The number of carboxylic acids is 1. The molecule has 172 valence electrons. The summed E-state index contributed by atoms with van der Waals surface area (Å²) in [5.41, 5.74) is 3.13. The summed E-state index contributed by atoms with van der Waals surface area (Å²) in [6.45, 7) is 2.50. The molecule has 2 saturated carbocycles. The molecule has 4 atom stereocenters. The number of ether oxygens (including phenoxy) is 1. The van der Waals surface area contributed by atoms with Gasteiger partial charge in [-0.3, -0.25) is 9.59 Å². The van der Waals surface area contributed by atoms with Crippen molar-refractivity contribution >= 4 is 39.0 Å². The van der Waals surface area contributed by atoms with Crippen molar-refractivity contribution in [2.24, 2.45) is 22.5 Å². The topological polar surface area (TPSA) is 151 Å². The van der Waals surface area contributed by atoms with Crippen LogP contribution in [0.15, 0.2) is 23.1 Å². The number of carbonyl (C=O) groups is 2. The minimum Gasteiger partial charge on any atom is -0.481 e. The van der Waals surface area contributed by atoms with Crippen molar-refractivity contribution in [1.82, 2.24) is 0 Å². The van der Waals surface area contributed by atoms with Crippen LogP contribution in [0.5, 0.6) is 0 Å². The highest BCUT2D eigenvalue weighted by atomic mass is 35.5. The molecule has 4 rings (SSSR count). The Morgan fingerprint density at radius 1 is 1.28 bits per heavy atom. The summed E-state index contributed by atoms with van der Waals surface area (Å²) >= 11 is 6.37. The van der Waals surface area contributed by atoms with Crippen LogP contribution in [-0.2, 0) is 24.2 Å². The molecule has 0 bridgehead atoms. The van der Waals surface area contributed by atoms with Crippen molar-refractivity contribution in [2.45, 2.75) is 35.8 Å². The molecule has 3 aliphatic rings. The second kappa shape index (κ2) is 7.90. The van der Waals surface area contributed by atoms with Crippen molar-refractivity contribution in [3.63, 3.8) is 0 Å². The summed E-state index contributed by atoms with van der Waals surface area (Å²) in [5, 5.41) is 18.5. The molecular weight excluding hydrogens is 458 g/mol. The van der Waals surface area contributed by atoms with E-state index in [9.17, 15) is 28.4 Å². The molecule has 1 aromatic rings. The minimum absolute atomic E-state index is 0.0346. The molecule has 3 N–H and O–H groups in total. The summed E-state index contributed by atoms with van der Waals surface area (Å²) in [6, 6.07) is 6.63. The maximum atomic E-state index is 13.4. The number of amides is 1. The molecular formula is C21H24ClN3O6S. The van der Waals surface area contributed by atoms with Crippen LogP contribution < -0.4 is 10.6 Å². The molecule has 2 unspecified atom stereocenters. The first-order chi connectivity index (χ1) is 15.1. The zero-order valence-corrected chi connectivity index (χ0v) is 18.9. The lowest BCUT2D eigenvalue weighted by Crippen LogP contribution is -2.37. The first-order valence-electron chi connectivity index (χ1n) is 10.4. The number of rotatable bonds is 6. The lowest BCUT2D eigenvalue weighted by molar-refractivity contribution is -0.150. The van der Waals surface area contributed by atoms with Gasteiger partial charge in [-0.15, -0.1) is 0 Å². The van der Waals surface area contributed by atoms with Gasteiger partial charge in [0.05, 0.1) is 39.9 Å². The van der Waals surface area contributed by atoms with Crippen LogP contribution >= 0.6 is 11.6 Å². The number of sulfone groups is 1. The smallest absolute Gasteiger partial charge is 0.310 e. The number of morpholine rings is 1. The monoisotopic (exact) mass is 481 g/mol. The maximum absolute atomic E-state index is 13.4. The number of carbonyl (C=O) groups excluding carboxylic acids is 1. The van der Waals surface area contributed by atoms with Gasteiger partial charge >= 0.3 is 5.97 Å². The Kier molecular flexibility index (Phi) is 5.64. The van der Waals surface area contributed by atoms with E-state index in [1.807, 2.05) is 6.07 Å². The van der Waals surface area contributed by atoms with E-state index < -0.39 is 43.7 Å². The number of nitriles is 1. The predicted molar refractivity (Wildman–Crippen MR) is 115 cm³/mol. The fourth-order valence-electron chi connectivity index (χ4n) is 5.25. The zero-order chi connectivity index (χ0) is 23.3. The van der Waals surface area contributed by atoms with Crippen molar-refractivity contribution in [3.8, 4) is 6.07 Å². The van der Waals surface area contributed by atoms with E-state index in [1.54, 1.807) is 12.1 Å². The molecule has 9 nitrogen and oxygen atoms in total. The molecule has 2 aliphatic carbocycles. The van der Waals surface area contributed by atoms with Gasteiger partial charge in [-0.2, -0.15) is 5.26 Å². The van der Waals surface area contributed by atoms with Crippen molar-refractivity contribution in [3.05, 3.63) is 23.2 Å². The van der Waals surface area contributed by atoms with Gasteiger partial charge in [0.15, 0.2) is 9.84 Å². The van der Waals surface area contributed by atoms with Gasteiger partial charge in [0.2, 0.25) is 5.91 Å². The van der Waals surface area contributed by atoms with Crippen molar-refractivity contribution in [1.29, 1.82) is 5.26 Å². The Labute approximate surface area is 191 Å². The molecule has 1 amide bonds. The quantitative estimate of drug-likeness (QED) is 0.621. The number of nitrogens with two attached hydrogens (primary N) is 1. The molecule has 11 heteroatoms. The first-order valence-corrected chi connectivity index (χ1v) is 12.3. The van der Waals surface area contributed by atoms with E-state index >= 15 is 0 Å². The highest BCUT2D eigenvalue weighted by Crippen LogP contribution is 2.66. The summed E-state index contributed by atoms with van der Waals surface area (Å²) in [5.74, 6) is -2.86. The van der Waals surface area contributed by atoms with Gasteiger partial charge in [0.1, 0.15) is 5.41 Å². The van der Waals surface area contributed by atoms with Crippen LogP contribution in [0.25, 0.3) is 0 Å². The Morgan fingerprint density at radius 3 is 2.50 bits per heavy atom. The van der Waals surface area contributed by atoms with E-state index in [0.717, 1.165) is 5.69 Å². The van der Waals surface area contributed by atoms with E-state index in [1.165, 1.54) is 6.07 Å². The number of primary amides is 1. The van der Waals surface area contributed by atoms with Crippen LogP contribution in [0.3, 0.4) is 0 Å². The second-order valence-corrected chi connectivity index (χ2v) is 11.4. The van der Waals surface area contributed by atoms with Gasteiger partial charge in [-0.25, -0.2) is 8.42 Å². The number of aliphatic carboxylic acids is 1. The number of benzene rings is 1. The molecule has 1 saturated heterocycles. The van der Waals surface area contributed by atoms with Crippen LogP contribution in [0, 0.1) is 28.1 Å². The normalized spacial score (nSPS) is 32.3. The Hall–Kier alpha value is -2.35. The zero-order valence-electron chi connectivity index (χ0n) is 17.3. The number of hydrogen-bond acceptors (Lipinski definition) is 7. The summed E-state index contributed by atoms with van der Waals surface area (Å²) in [4.78, 5) is 26.1. The molecule has 32 heavy (non-hydrogen) atoms. The average molecular weight is 482 g/mol. The molecule has 3 fully saturated rings. The van der Waals surface area contributed by atoms with E-state index in [-0.39, 0.29) is 35.6 Å². The van der Waals surface area contributed by atoms with Crippen molar-refractivity contribution in [2.75, 3.05) is 31.2 Å². The summed E-state index contributed by atoms with van der Waals surface area (Å²) in [6.07, 6.45) is 0.00449. The van der Waals surface area contributed by atoms with Gasteiger partial charge in [0, 0.05) is 24.7 Å². The third-order valence-corrected chi connectivity index (χ3v) is 9.91. The Morgan fingerprint density at radius 2 is 1.97 bits per heavy atom. The van der Waals surface area contributed by atoms with Crippen LogP contribution in [0.2, 0.25) is 5.02 Å². The highest BCUT2D eigenvalue weighted by molar-refractivity contribution is 7.92. The Bertz CT molecular complexity index is 1110. The largest absolute Gasteiger partial charge is 0.481 e. The van der Waals surface area contributed by atoms with E-state index in [4.69, 9.17) is 22.1 Å². The predicted octanol–water partition coefficient (Wildman–Crippen LogP) is 1.59. The highest BCUT2D eigenvalue weighted by Gasteiger charge is 2.72. The summed E-state index contributed by atoms with van der Waals surface area (Å²) < 4.78 is 32.1. The van der Waals surface area contributed by atoms with Crippen LogP contribution in [-0.4, -0.2) is 57.0 Å². The maximum Gasteiger partial charge on any atom is 0.310 e. The molecule has 0 spiro atoms. The number of nitrogens with zero attached hydrogens (tertiary/aromatic N) is 2. The third kappa shape index (κ3) is 3.43. The van der Waals surface area contributed by atoms with Gasteiger partial charge in [-0.1, -0.05) is 11.6 Å². The number of hydrogen-bond donors (Lipinski definition) is 2. The first kappa shape index (κ1) is 22.8. The van der Waals surface area contributed by atoms with Crippen LogP contribution in [0.4, 0.5) is 5.69 Å².